The van der Waals surface area contributed by atoms with Crippen molar-refractivity contribution in [3.8, 4) is 0 Å². The van der Waals surface area contributed by atoms with Gasteiger partial charge < -0.3 is 15.4 Å². The minimum Gasteiger partial charge on any atom is -0.444 e. The number of likely N-dealkylation sites (N-methyl/N-ethyl adjacent to an activating group) is 1. The summed E-state index contributed by atoms with van der Waals surface area (Å²) in [5.74, 6) is -1.19. The Morgan fingerprint density at radius 3 is 2.29 bits per heavy atom. The maximum absolute atomic E-state index is 12.7. The van der Waals surface area contributed by atoms with Crippen molar-refractivity contribution >= 4 is 12.0 Å². The average Bonchev–Trinajstić information content (AvgIpc) is 2.11. The Bertz CT molecular complexity index is 310. The third kappa shape index (κ3) is 7.32. The molecule has 0 aliphatic heterocycles. The maximum atomic E-state index is 12.7. The van der Waals surface area contributed by atoms with Crippen molar-refractivity contribution in [2.45, 2.75) is 38.8 Å². The van der Waals surface area contributed by atoms with E-state index in [1.165, 1.54) is 7.05 Å². The predicted molar refractivity (Wildman–Crippen MR) is 62.1 cm³/mol. The number of amides is 2. The van der Waals surface area contributed by atoms with Gasteiger partial charge in [0.05, 0.1) is 5.83 Å². The third-order valence-corrected chi connectivity index (χ3v) is 1.68. The van der Waals surface area contributed by atoms with Crippen molar-refractivity contribution in [2.75, 3.05) is 7.05 Å². The molecule has 17 heavy (non-hydrogen) atoms. The molecule has 0 saturated heterocycles. The normalized spacial score (nSPS) is 12.5. The van der Waals surface area contributed by atoms with Crippen LogP contribution in [-0.2, 0) is 9.53 Å². The minimum absolute atomic E-state index is 0.279. The standard InChI is InChI=1S/C11H19FN2O3/c1-7(12)6-8(9(15)13-5)14-10(16)17-11(2,3)4/h8H,1,6H2,2-5H3,(H,13,15)(H,14,16). The van der Waals surface area contributed by atoms with Crippen LogP contribution in [0, 0.1) is 0 Å². The predicted octanol–water partition coefficient (Wildman–Crippen LogP) is 1.50. The maximum Gasteiger partial charge on any atom is 0.408 e. The van der Waals surface area contributed by atoms with Crippen LogP contribution in [0.3, 0.4) is 0 Å². The lowest BCUT2D eigenvalue weighted by Crippen LogP contribution is -2.47. The van der Waals surface area contributed by atoms with E-state index < -0.39 is 29.5 Å². The highest BCUT2D eigenvalue weighted by molar-refractivity contribution is 5.85. The van der Waals surface area contributed by atoms with E-state index in [-0.39, 0.29) is 6.42 Å². The van der Waals surface area contributed by atoms with Crippen molar-refractivity contribution in [1.82, 2.24) is 10.6 Å². The molecule has 0 rings (SSSR count). The quantitative estimate of drug-likeness (QED) is 0.790. The summed E-state index contributed by atoms with van der Waals surface area (Å²) in [7, 11) is 1.40. The summed E-state index contributed by atoms with van der Waals surface area (Å²) in [6.45, 7) is 8.12. The number of hydrogen-bond acceptors (Lipinski definition) is 3. The van der Waals surface area contributed by atoms with Crippen molar-refractivity contribution < 1.29 is 18.7 Å². The van der Waals surface area contributed by atoms with E-state index in [0.29, 0.717) is 0 Å². The van der Waals surface area contributed by atoms with Crippen molar-refractivity contribution in [2.24, 2.45) is 0 Å². The molecule has 0 aliphatic rings. The minimum atomic E-state index is -1.02. The Morgan fingerprint density at radius 2 is 1.94 bits per heavy atom. The molecule has 1 unspecified atom stereocenters. The molecular formula is C11H19FN2O3. The SMILES string of the molecule is C=C(F)CC(NC(=O)OC(C)(C)C)C(=O)NC. The van der Waals surface area contributed by atoms with Gasteiger partial charge in [0.15, 0.2) is 0 Å². The molecule has 0 aromatic carbocycles. The van der Waals surface area contributed by atoms with Gasteiger partial charge in [-0.3, -0.25) is 4.79 Å². The van der Waals surface area contributed by atoms with E-state index in [1.54, 1.807) is 20.8 Å². The summed E-state index contributed by atoms with van der Waals surface area (Å²) in [6.07, 6.45) is -1.05. The molecule has 0 spiro atoms. The highest BCUT2D eigenvalue weighted by atomic mass is 19.1. The molecule has 0 aromatic heterocycles. The van der Waals surface area contributed by atoms with E-state index in [0.717, 1.165) is 0 Å². The molecule has 6 heteroatoms. The van der Waals surface area contributed by atoms with Gasteiger partial charge in [-0.05, 0) is 20.8 Å². The molecule has 0 saturated carbocycles. The zero-order valence-corrected chi connectivity index (χ0v) is 10.6. The molecule has 5 nitrogen and oxygen atoms in total. The number of alkyl carbamates (subject to hydrolysis) is 1. The van der Waals surface area contributed by atoms with E-state index in [4.69, 9.17) is 4.74 Å². The van der Waals surface area contributed by atoms with Crippen molar-refractivity contribution in [3.05, 3.63) is 12.4 Å². The third-order valence-electron chi connectivity index (χ3n) is 1.68. The van der Waals surface area contributed by atoms with Gasteiger partial charge in [-0.2, -0.15) is 0 Å². The highest BCUT2D eigenvalue weighted by Crippen LogP contribution is 2.09. The molecule has 0 bridgehead atoms. The van der Waals surface area contributed by atoms with Crippen LogP contribution in [0.25, 0.3) is 0 Å². The number of halogens is 1. The number of carbonyl (C=O) groups is 2. The summed E-state index contributed by atoms with van der Waals surface area (Å²) in [4.78, 5) is 22.8. The highest BCUT2D eigenvalue weighted by Gasteiger charge is 2.24. The smallest absolute Gasteiger partial charge is 0.408 e. The lowest BCUT2D eigenvalue weighted by atomic mass is 10.2. The Balaban J connectivity index is 4.48. The van der Waals surface area contributed by atoms with Crippen LogP contribution in [0.5, 0.6) is 0 Å². The van der Waals surface area contributed by atoms with Gasteiger partial charge in [0.25, 0.3) is 0 Å². The average molecular weight is 246 g/mol. The molecule has 2 N–H and O–H groups in total. The van der Waals surface area contributed by atoms with Crippen LogP contribution in [0.4, 0.5) is 9.18 Å². The second-order valence-corrected chi connectivity index (χ2v) is 4.53. The topological polar surface area (TPSA) is 67.4 Å². The summed E-state index contributed by atoms with van der Waals surface area (Å²) in [5.41, 5.74) is -0.677. The zero-order valence-electron chi connectivity index (χ0n) is 10.6. The molecule has 0 heterocycles. The lowest BCUT2D eigenvalue weighted by Gasteiger charge is -2.22. The Kier molecular flexibility index (Phi) is 5.64. The van der Waals surface area contributed by atoms with Gasteiger partial charge >= 0.3 is 6.09 Å². The number of rotatable bonds is 4. The summed E-state index contributed by atoms with van der Waals surface area (Å²) >= 11 is 0. The number of ether oxygens (including phenoxy) is 1. The summed E-state index contributed by atoms with van der Waals surface area (Å²) in [5, 5.41) is 4.60. The molecule has 1 atom stereocenters. The van der Waals surface area contributed by atoms with Crippen LogP contribution < -0.4 is 10.6 Å². The fourth-order valence-corrected chi connectivity index (χ4v) is 1.05. The molecule has 0 radical (unpaired) electrons. The first-order valence-corrected chi connectivity index (χ1v) is 5.20. The molecular weight excluding hydrogens is 227 g/mol. The zero-order chi connectivity index (χ0) is 13.6. The second kappa shape index (κ2) is 6.22. The van der Waals surface area contributed by atoms with Crippen molar-refractivity contribution in [1.29, 1.82) is 0 Å². The molecule has 0 fully saturated rings. The van der Waals surface area contributed by atoms with Gasteiger partial charge in [-0.15, -0.1) is 0 Å². The fraction of sp³-hybridized carbons (Fsp3) is 0.636. The number of carbonyl (C=O) groups excluding carboxylic acids is 2. The van der Waals surface area contributed by atoms with Crippen molar-refractivity contribution in [3.63, 3.8) is 0 Å². The Morgan fingerprint density at radius 1 is 1.41 bits per heavy atom. The van der Waals surface area contributed by atoms with E-state index in [2.05, 4.69) is 17.2 Å². The Hall–Kier alpha value is -1.59. The number of hydrogen-bond donors (Lipinski definition) is 2. The molecule has 0 aliphatic carbocycles. The first kappa shape index (κ1) is 15.4. The first-order valence-electron chi connectivity index (χ1n) is 5.20. The van der Waals surface area contributed by atoms with Gasteiger partial charge in [-0.25, -0.2) is 9.18 Å². The molecule has 0 aromatic rings. The van der Waals surface area contributed by atoms with Gasteiger partial charge in [0.2, 0.25) is 5.91 Å². The van der Waals surface area contributed by atoms with Crippen LogP contribution in [0.15, 0.2) is 12.4 Å². The van der Waals surface area contributed by atoms with E-state index >= 15 is 0 Å². The van der Waals surface area contributed by atoms with Crippen LogP contribution in [0.2, 0.25) is 0 Å². The Labute approximate surface area is 100 Å². The van der Waals surface area contributed by atoms with Crippen LogP contribution in [0.1, 0.15) is 27.2 Å². The van der Waals surface area contributed by atoms with Crippen LogP contribution >= 0.6 is 0 Å². The van der Waals surface area contributed by atoms with Crippen LogP contribution in [-0.4, -0.2) is 30.7 Å². The van der Waals surface area contributed by atoms with Gasteiger partial charge in [0, 0.05) is 13.5 Å². The van der Waals surface area contributed by atoms with Gasteiger partial charge in [-0.1, -0.05) is 6.58 Å². The largest absolute Gasteiger partial charge is 0.444 e. The molecule has 98 valence electrons. The summed E-state index contributed by atoms with van der Waals surface area (Å²) < 4.78 is 17.6. The lowest BCUT2D eigenvalue weighted by molar-refractivity contribution is -0.122. The molecule has 2 amide bonds. The monoisotopic (exact) mass is 246 g/mol. The second-order valence-electron chi connectivity index (χ2n) is 4.53. The van der Waals surface area contributed by atoms with E-state index in [1.807, 2.05) is 0 Å². The number of nitrogens with one attached hydrogen (secondary N) is 2. The fourth-order valence-electron chi connectivity index (χ4n) is 1.05. The first-order chi connectivity index (χ1) is 7.65. The van der Waals surface area contributed by atoms with Gasteiger partial charge in [0.1, 0.15) is 11.6 Å². The summed E-state index contributed by atoms with van der Waals surface area (Å²) in [6, 6.07) is -1.02. The van der Waals surface area contributed by atoms with E-state index in [9.17, 15) is 14.0 Å².